The van der Waals surface area contributed by atoms with Gasteiger partial charge >= 0.3 is 6.18 Å². The number of benzene rings is 1. The van der Waals surface area contributed by atoms with Crippen LogP contribution in [-0.2, 0) is 10.9 Å². The van der Waals surface area contributed by atoms with E-state index in [1.54, 1.807) is 6.07 Å². The van der Waals surface area contributed by atoms with Crippen molar-refractivity contribution in [2.75, 3.05) is 6.61 Å². The van der Waals surface area contributed by atoms with Gasteiger partial charge in [0.15, 0.2) is 0 Å². The van der Waals surface area contributed by atoms with E-state index in [1.165, 1.54) is 6.07 Å². The molecule has 16 heavy (non-hydrogen) atoms. The van der Waals surface area contributed by atoms with Gasteiger partial charge in [-0.25, -0.2) is 0 Å². The normalized spacial score (nSPS) is 21.4. The molecule has 0 spiro atoms. The lowest BCUT2D eigenvalue weighted by Crippen LogP contribution is -2.08. The lowest BCUT2D eigenvalue weighted by Gasteiger charge is -2.16. The summed E-state index contributed by atoms with van der Waals surface area (Å²) in [7, 11) is 0. The van der Waals surface area contributed by atoms with Crippen molar-refractivity contribution in [1.29, 1.82) is 0 Å². The summed E-state index contributed by atoms with van der Waals surface area (Å²) < 4.78 is 43.1. The summed E-state index contributed by atoms with van der Waals surface area (Å²) in [6.45, 7) is 0.581. The Hall–Kier alpha value is -0.740. The van der Waals surface area contributed by atoms with Crippen molar-refractivity contribution in [3.8, 4) is 0 Å². The topological polar surface area (TPSA) is 9.23 Å². The van der Waals surface area contributed by atoms with Crippen LogP contribution in [0, 0.1) is 0 Å². The van der Waals surface area contributed by atoms with Gasteiger partial charge in [-0.05, 0) is 24.5 Å². The summed E-state index contributed by atoms with van der Waals surface area (Å²) in [5.74, 6) is 0. The van der Waals surface area contributed by atoms with Crippen molar-refractivity contribution < 1.29 is 17.9 Å². The monoisotopic (exact) mass is 250 g/mol. The highest BCUT2D eigenvalue weighted by Crippen LogP contribution is 2.40. The molecule has 0 aromatic heterocycles. The fourth-order valence-corrected chi connectivity index (χ4v) is 2.20. The first-order chi connectivity index (χ1) is 7.50. The first kappa shape index (κ1) is 11.7. The van der Waals surface area contributed by atoms with Crippen LogP contribution in [0.2, 0.25) is 5.02 Å². The smallest absolute Gasteiger partial charge is 0.373 e. The molecule has 1 aromatic carbocycles. The van der Waals surface area contributed by atoms with E-state index in [-0.39, 0.29) is 11.1 Å². The highest BCUT2D eigenvalue weighted by Gasteiger charge is 2.35. The Bertz CT molecular complexity index is 383. The molecular formula is C11H10ClF3O. The van der Waals surface area contributed by atoms with Gasteiger partial charge in [-0.3, -0.25) is 0 Å². The van der Waals surface area contributed by atoms with Crippen LogP contribution in [0.15, 0.2) is 18.2 Å². The maximum absolute atomic E-state index is 12.6. The zero-order chi connectivity index (χ0) is 11.8. The van der Waals surface area contributed by atoms with E-state index in [2.05, 4.69) is 0 Å². The maximum atomic E-state index is 12.6. The summed E-state index contributed by atoms with van der Waals surface area (Å²) in [5, 5.41) is -0.234. The third-order valence-corrected chi connectivity index (χ3v) is 3.03. The quantitative estimate of drug-likeness (QED) is 0.725. The van der Waals surface area contributed by atoms with Crippen LogP contribution in [0.1, 0.15) is 30.1 Å². The van der Waals surface area contributed by atoms with Gasteiger partial charge in [-0.2, -0.15) is 13.2 Å². The number of hydrogen-bond acceptors (Lipinski definition) is 1. The van der Waals surface area contributed by atoms with Crippen molar-refractivity contribution in [2.24, 2.45) is 0 Å². The summed E-state index contributed by atoms with van der Waals surface area (Å²) in [5.41, 5.74) is -0.351. The Morgan fingerprint density at radius 1 is 1.31 bits per heavy atom. The van der Waals surface area contributed by atoms with Gasteiger partial charge in [0.05, 0.1) is 16.7 Å². The molecule has 1 heterocycles. The Balaban J connectivity index is 2.40. The van der Waals surface area contributed by atoms with Gasteiger partial charge in [0, 0.05) is 6.61 Å². The van der Waals surface area contributed by atoms with E-state index < -0.39 is 11.7 Å². The van der Waals surface area contributed by atoms with E-state index in [0.29, 0.717) is 12.2 Å². The Morgan fingerprint density at radius 2 is 2.06 bits per heavy atom. The van der Waals surface area contributed by atoms with Gasteiger partial charge in [0.2, 0.25) is 0 Å². The zero-order valence-electron chi connectivity index (χ0n) is 8.35. The predicted octanol–water partition coefficient (Wildman–Crippen LogP) is 4.21. The molecule has 0 amide bonds. The molecule has 88 valence electrons. The summed E-state index contributed by atoms with van der Waals surface area (Å²) in [6, 6.07) is 3.94. The van der Waals surface area contributed by atoms with E-state index in [1.807, 2.05) is 0 Å². The number of ether oxygens (including phenoxy) is 1. The van der Waals surface area contributed by atoms with Crippen LogP contribution in [0.3, 0.4) is 0 Å². The van der Waals surface area contributed by atoms with Crippen LogP contribution in [0.5, 0.6) is 0 Å². The molecule has 1 fully saturated rings. The van der Waals surface area contributed by atoms with Crippen molar-refractivity contribution >= 4 is 11.6 Å². The highest BCUT2D eigenvalue weighted by atomic mass is 35.5. The molecule has 0 saturated carbocycles. The maximum Gasteiger partial charge on any atom is 0.417 e. The first-order valence-corrected chi connectivity index (χ1v) is 5.35. The number of halogens is 4. The molecule has 0 radical (unpaired) electrons. The van der Waals surface area contributed by atoms with Crippen molar-refractivity contribution in [3.05, 3.63) is 34.3 Å². The first-order valence-electron chi connectivity index (χ1n) is 4.97. The fourth-order valence-electron chi connectivity index (χ4n) is 1.84. The molecule has 1 saturated heterocycles. The molecule has 2 rings (SSSR count). The van der Waals surface area contributed by atoms with E-state index in [9.17, 15) is 13.2 Å². The number of hydrogen-bond donors (Lipinski definition) is 0. The van der Waals surface area contributed by atoms with Crippen LogP contribution < -0.4 is 0 Å². The molecule has 1 nitrogen and oxygen atoms in total. The van der Waals surface area contributed by atoms with Crippen molar-refractivity contribution in [2.45, 2.75) is 25.1 Å². The second-order valence-electron chi connectivity index (χ2n) is 3.71. The Labute approximate surface area is 96.2 Å². The summed E-state index contributed by atoms with van der Waals surface area (Å²) in [6.07, 6.45) is -3.13. The minimum atomic E-state index is -4.41. The van der Waals surface area contributed by atoms with Crippen LogP contribution in [-0.4, -0.2) is 6.61 Å². The molecule has 0 aliphatic carbocycles. The van der Waals surface area contributed by atoms with Gasteiger partial charge in [-0.15, -0.1) is 0 Å². The van der Waals surface area contributed by atoms with E-state index >= 15 is 0 Å². The van der Waals surface area contributed by atoms with Gasteiger partial charge < -0.3 is 4.74 Å². The fraction of sp³-hybridized carbons (Fsp3) is 0.455. The largest absolute Gasteiger partial charge is 0.417 e. The van der Waals surface area contributed by atoms with E-state index in [0.717, 1.165) is 18.9 Å². The Kier molecular flexibility index (Phi) is 3.13. The van der Waals surface area contributed by atoms with Crippen LogP contribution in [0.25, 0.3) is 0 Å². The minimum absolute atomic E-state index is 0.234. The van der Waals surface area contributed by atoms with Crippen molar-refractivity contribution in [1.82, 2.24) is 0 Å². The standard InChI is InChI=1S/C11H10ClF3O/c12-10-7(9-5-2-6-16-9)3-1-4-8(10)11(13,14)15/h1,3-4,9H,2,5-6H2. The molecule has 1 aromatic rings. The zero-order valence-corrected chi connectivity index (χ0v) is 9.11. The lowest BCUT2D eigenvalue weighted by atomic mass is 10.0. The minimum Gasteiger partial charge on any atom is -0.373 e. The van der Waals surface area contributed by atoms with Crippen LogP contribution in [0.4, 0.5) is 13.2 Å². The van der Waals surface area contributed by atoms with Gasteiger partial charge in [0.1, 0.15) is 0 Å². The second-order valence-corrected chi connectivity index (χ2v) is 4.09. The molecule has 5 heteroatoms. The predicted molar refractivity (Wildman–Crippen MR) is 54.4 cm³/mol. The molecule has 1 aliphatic rings. The van der Waals surface area contributed by atoms with Crippen LogP contribution >= 0.6 is 11.6 Å². The van der Waals surface area contributed by atoms with Crippen molar-refractivity contribution in [3.63, 3.8) is 0 Å². The molecule has 0 N–H and O–H groups in total. The van der Waals surface area contributed by atoms with Gasteiger partial charge in [-0.1, -0.05) is 23.7 Å². The molecule has 1 unspecified atom stereocenters. The molecule has 1 aliphatic heterocycles. The SMILES string of the molecule is FC(F)(F)c1cccc(C2CCCO2)c1Cl. The molecule has 1 atom stereocenters. The third-order valence-electron chi connectivity index (χ3n) is 2.61. The third kappa shape index (κ3) is 2.18. The Morgan fingerprint density at radius 3 is 2.62 bits per heavy atom. The second kappa shape index (κ2) is 4.26. The molecular weight excluding hydrogens is 241 g/mol. The van der Waals surface area contributed by atoms with E-state index in [4.69, 9.17) is 16.3 Å². The number of rotatable bonds is 1. The highest BCUT2D eigenvalue weighted by molar-refractivity contribution is 6.32. The molecule has 0 bridgehead atoms. The summed E-state index contributed by atoms with van der Waals surface area (Å²) in [4.78, 5) is 0. The lowest BCUT2D eigenvalue weighted by molar-refractivity contribution is -0.137. The average molecular weight is 251 g/mol. The summed E-state index contributed by atoms with van der Waals surface area (Å²) >= 11 is 5.77. The number of alkyl halides is 3. The van der Waals surface area contributed by atoms with Gasteiger partial charge in [0.25, 0.3) is 0 Å². The average Bonchev–Trinajstić information content (AvgIpc) is 2.69.